The highest BCUT2D eigenvalue weighted by Gasteiger charge is 2.16. The maximum atomic E-state index is 13.6. The Morgan fingerprint density at radius 1 is 1.29 bits per heavy atom. The molecule has 2 aromatic carbocycles. The molecule has 0 atom stereocenters. The molecular formula is C14H12ClFN2O3. The third-order valence-electron chi connectivity index (χ3n) is 2.85. The van der Waals surface area contributed by atoms with Crippen LogP contribution in [0.15, 0.2) is 36.4 Å². The first-order valence-corrected chi connectivity index (χ1v) is 6.43. The second kappa shape index (κ2) is 6.51. The van der Waals surface area contributed by atoms with E-state index in [-0.39, 0.29) is 30.2 Å². The quantitative estimate of drug-likeness (QED) is 0.678. The maximum absolute atomic E-state index is 13.6. The maximum Gasteiger partial charge on any atom is 0.310 e. The molecule has 110 valence electrons. The number of nitro groups is 1. The average Bonchev–Trinajstić information content (AvgIpc) is 2.47. The molecular weight excluding hydrogens is 299 g/mol. The van der Waals surface area contributed by atoms with Gasteiger partial charge < -0.3 is 10.5 Å². The topological polar surface area (TPSA) is 78.4 Å². The summed E-state index contributed by atoms with van der Waals surface area (Å²) in [7, 11) is 0. The normalized spacial score (nSPS) is 10.4. The molecule has 0 aromatic heterocycles. The number of hydrogen-bond acceptors (Lipinski definition) is 4. The summed E-state index contributed by atoms with van der Waals surface area (Å²) in [4.78, 5) is 10.4. The molecule has 0 saturated carbocycles. The van der Waals surface area contributed by atoms with Crippen molar-refractivity contribution in [2.75, 3.05) is 0 Å². The molecule has 2 rings (SSSR count). The molecule has 0 unspecified atom stereocenters. The van der Waals surface area contributed by atoms with E-state index in [0.717, 1.165) is 0 Å². The summed E-state index contributed by atoms with van der Waals surface area (Å²) in [5.41, 5.74) is 6.19. The summed E-state index contributed by atoms with van der Waals surface area (Å²) in [5.74, 6) is -0.445. The number of nitrogens with zero attached hydrogens (tertiary/aromatic N) is 1. The molecule has 0 radical (unpaired) electrons. The summed E-state index contributed by atoms with van der Waals surface area (Å²) < 4.78 is 19.0. The van der Waals surface area contributed by atoms with Gasteiger partial charge in [0.15, 0.2) is 5.75 Å². The van der Waals surface area contributed by atoms with E-state index in [1.807, 2.05) is 0 Å². The van der Waals surface area contributed by atoms with Crippen LogP contribution < -0.4 is 10.5 Å². The Labute approximate surface area is 125 Å². The number of ether oxygens (including phenoxy) is 1. The smallest absolute Gasteiger partial charge is 0.310 e. The van der Waals surface area contributed by atoms with E-state index in [9.17, 15) is 14.5 Å². The molecule has 0 aliphatic carbocycles. The lowest BCUT2D eigenvalue weighted by Gasteiger charge is -2.09. The first-order chi connectivity index (χ1) is 10.0. The highest BCUT2D eigenvalue weighted by molar-refractivity contribution is 6.30. The van der Waals surface area contributed by atoms with Crippen LogP contribution in [0.25, 0.3) is 0 Å². The van der Waals surface area contributed by atoms with E-state index in [4.69, 9.17) is 22.1 Å². The van der Waals surface area contributed by atoms with E-state index in [2.05, 4.69) is 0 Å². The fourth-order valence-corrected chi connectivity index (χ4v) is 1.96. The van der Waals surface area contributed by atoms with Crippen molar-refractivity contribution < 1.29 is 14.1 Å². The molecule has 5 nitrogen and oxygen atoms in total. The molecule has 7 heteroatoms. The number of benzene rings is 2. The van der Waals surface area contributed by atoms with Gasteiger partial charge in [0.05, 0.1) is 4.92 Å². The minimum atomic E-state index is -0.566. The van der Waals surface area contributed by atoms with E-state index >= 15 is 0 Å². The molecule has 0 bridgehead atoms. The molecule has 0 amide bonds. The van der Waals surface area contributed by atoms with E-state index in [0.29, 0.717) is 10.6 Å². The number of hydrogen-bond donors (Lipinski definition) is 1. The van der Waals surface area contributed by atoms with Gasteiger partial charge in [-0.1, -0.05) is 17.7 Å². The highest BCUT2D eigenvalue weighted by atomic mass is 35.5. The van der Waals surface area contributed by atoms with Crippen molar-refractivity contribution in [2.24, 2.45) is 5.73 Å². The monoisotopic (exact) mass is 310 g/mol. The van der Waals surface area contributed by atoms with Crippen LogP contribution in [0.1, 0.15) is 11.1 Å². The van der Waals surface area contributed by atoms with Crippen molar-refractivity contribution in [2.45, 2.75) is 13.2 Å². The third-order valence-corrected chi connectivity index (χ3v) is 3.08. The Bertz CT molecular complexity index is 679. The van der Waals surface area contributed by atoms with Crippen molar-refractivity contribution in [3.8, 4) is 5.75 Å². The van der Waals surface area contributed by atoms with Crippen LogP contribution in [0.5, 0.6) is 5.75 Å². The zero-order valence-corrected chi connectivity index (χ0v) is 11.6. The summed E-state index contributed by atoms with van der Waals surface area (Å²) >= 11 is 5.78. The van der Waals surface area contributed by atoms with Gasteiger partial charge in [0, 0.05) is 23.2 Å². The SMILES string of the molecule is NCc1ccc([N+](=O)[O-])c(OCc2cc(Cl)ccc2F)c1. The van der Waals surface area contributed by atoms with Crippen molar-refractivity contribution in [1.82, 2.24) is 0 Å². The third kappa shape index (κ3) is 3.68. The predicted octanol–water partition coefficient (Wildman–Crippen LogP) is 3.43. The first kappa shape index (κ1) is 15.2. The Balaban J connectivity index is 2.26. The number of rotatable bonds is 5. The summed E-state index contributed by atoms with van der Waals surface area (Å²) in [6.07, 6.45) is 0. The van der Waals surface area contributed by atoms with Gasteiger partial charge >= 0.3 is 5.69 Å². The van der Waals surface area contributed by atoms with Gasteiger partial charge in [0.25, 0.3) is 0 Å². The van der Waals surface area contributed by atoms with Gasteiger partial charge in [-0.15, -0.1) is 0 Å². The van der Waals surface area contributed by atoms with Gasteiger partial charge in [-0.2, -0.15) is 0 Å². The van der Waals surface area contributed by atoms with Gasteiger partial charge in [-0.05, 0) is 29.8 Å². The van der Waals surface area contributed by atoms with Crippen LogP contribution in [0, 0.1) is 15.9 Å². The van der Waals surface area contributed by atoms with Crippen LogP contribution in [0.4, 0.5) is 10.1 Å². The zero-order chi connectivity index (χ0) is 15.4. The molecule has 0 aliphatic rings. The fourth-order valence-electron chi connectivity index (χ4n) is 1.76. The summed E-state index contributed by atoms with van der Waals surface area (Å²) in [6.45, 7) is 0.0567. The largest absolute Gasteiger partial charge is 0.482 e. The van der Waals surface area contributed by atoms with Crippen molar-refractivity contribution in [3.05, 3.63) is 68.5 Å². The Hall–Kier alpha value is -2.18. The predicted molar refractivity (Wildman–Crippen MR) is 76.7 cm³/mol. The van der Waals surface area contributed by atoms with E-state index < -0.39 is 10.7 Å². The van der Waals surface area contributed by atoms with Crippen molar-refractivity contribution >= 4 is 17.3 Å². The summed E-state index contributed by atoms with van der Waals surface area (Å²) in [5, 5.41) is 11.3. The Kier molecular flexibility index (Phi) is 4.72. The van der Waals surface area contributed by atoms with Gasteiger partial charge in [-0.25, -0.2) is 4.39 Å². The Morgan fingerprint density at radius 2 is 2.05 bits per heavy atom. The molecule has 0 aliphatic heterocycles. The van der Waals surface area contributed by atoms with Crippen LogP contribution in [0.3, 0.4) is 0 Å². The second-order valence-electron chi connectivity index (χ2n) is 4.29. The molecule has 0 heterocycles. The lowest BCUT2D eigenvalue weighted by atomic mass is 10.2. The molecule has 0 saturated heterocycles. The Morgan fingerprint density at radius 3 is 2.71 bits per heavy atom. The van der Waals surface area contributed by atoms with Crippen molar-refractivity contribution in [3.63, 3.8) is 0 Å². The van der Waals surface area contributed by atoms with E-state index in [1.165, 1.54) is 30.3 Å². The molecule has 2 aromatic rings. The van der Waals surface area contributed by atoms with Crippen molar-refractivity contribution in [1.29, 1.82) is 0 Å². The minimum Gasteiger partial charge on any atom is -0.482 e. The molecule has 2 N–H and O–H groups in total. The van der Waals surface area contributed by atoms with Gasteiger partial charge in [0.2, 0.25) is 0 Å². The average molecular weight is 311 g/mol. The minimum absolute atomic E-state index is 0.0438. The summed E-state index contributed by atoms with van der Waals surface area (Å²) in [6, 6.07) is 8.37. The number of nitro benzene ring substituents is 1. The second-order valence-corrected chi connectivity index (χ2v) is 4.72. The highest BCUT2D eigenvalue weighted by Crippen LogP contribution is 2.29. The standard InChI is InChI=1S/C14H12ClFN2O3/c15-11-2-3-12(16)10(6-11)8-21-14-5-9(7-17)1-4-13(14)18(19)20/h1-6H,7-8,17H2. The lowest BCUT2D eigenvalue weighted by molar-refractivity contribution is -0.386. The van der Waals surface area contributed by atoms with Gasteiger partial charge in [0.1, 0.15) is 12.4 Å². The van der Waals surface area contributed by atoms with Gasteiger partial charge in [-0.3, -0.25) is 10.1 Å². The van der Waals surface area contributed by atoms with Crippen LogP contribution in [-0.4, -0.2) is 4.92 Å². The first-order valence-electron chi connectivity index (χ1n) is 6.05. The number of nitrogens with two attached hydrogens (primary N) is 1. The molecule has 0 fully saturated rings. The van der Waals surface area contributed by atoms with Crippen LogP contribution >= 0.6 is 11.6 Å². The van der Waals surface area contributed by atoms with Crippen LogP contribution in [0.2, 0.25) is 5.02 Å². The fraction of sp³-hybridized carbons (Fsp3) is 0.143. The molecule has 0 spiro atoms. The lowest BCUT2D eigenvalue weighted by Crippen LogP contribution is -2.03. The zero-order valence-electron chi connectivity index (χ0n) is 10.9. The molecule has 21 heavy (non-hydrogen) atoms. The number of halogens is 2. The van der Waals surface area contributed by atoms with Crippen LogP contribution in [-0.2, 0) is 13.2 Å². The van der Waals surface area contributed by atoms with E-state index in [1.54, 1.807) is 6.07 Å².